The summed E-state index contributed by atoms with van der Waals surface area (Å²) in [7, 11) is 0. The van der Waals surface area contributed by atoms with Gasteiger partial charge in [0.15, 0.2) is 0 Å². The van der Waals surface area contributed by atoms with E-state index in [9.17, 15) is 4.79 Å². The van der Waals surface area contributed by atoms with Crippen molar-refractivity contribution in [3.63, 3.8) is 0 Å². The normalized spacial score (nSPS) is 23.6. The molecule has 0 spiro atoms. The van der Waals surface area contributed by atoms with Gasteiger partial charge in [0.25, 0.3) is 5.91 Å². The van der Waals surface area contributed by atoms with Crippen LogP contribution in [0.25, 0.3) is 0 Å². The van der Waals surface area contributed by atoms with Gasteiger partial charge >= 0.3 is 0 Å². The van der Waals surface area contributed by atoms with Gasteiger partial charge in [-0.05, 0) is 37.6 Å². The molecule has 5 heteroatoms. The van der Waals surface area contributed by atoms with Crippen molar-refractivity contribution in [1.82, 2.24) is 4.90 Å². The van der Waals surface area contributed by atoms with Gasteiger partial charge in [0.1, 0.15) is 5.75 Å². The van der Waals surface area contributed by atoms with Gasteiger partial charge in [0.05, 0.1) is 24.2 Å². The number of alkyl halides is 1. The summed E-state index contributed by atoms with van der Waals surface area (Å²) in [6, 6.07) is 5.67. The van der Waals surface area contributed by atoms with Crippen molar-refractivity contribution in [1.29, 1.82) is 0 Å². The number of carbonyl (C=O) groups is 1. The summed E-state index contributed by atoms with van der Waals surface area (Å²) >= 11 is 5.92. The van der Waals surface area contributed by atoms with E-state index in [0.717, 1.165) is 17.7 Å². The quantitative estimate of drug-likeness (QED) is 0.788. The molecule has 1 unspecified atom stereocenters. The molecule has 0 bridgehead atoms. The topological polar surface area (TPSA) is 38.8 Å². The van der Waals surface area contributed by atoms with Crippen LogP contribution >= 0.6 is 11.6 Å². The Bertz CT molecular complexity index is 558. The van der Waals surface area contributed by atoms with Crippen molar-refractivity contribution in [3.8, 4) is 5.75 Å². The van der Waals surface area contributed by atoms with Crippen LogP contribution in [0.1, 0.15) is 29.8 Å². The number of amides is 1. The number of hydrogen-bond donors (Lipinski definition) is 0. The molecule has 3 rings (SSSR count). The third-order valence-electron chi connectivity index (χ3n) is 3.88. The second kappa shape index (κ2) is 5.50. The molecule has 2 aliphatic heterocycles. The molecule has 4 nitrogen and oxygen atoms in total. The first kappa shape index (κ1) is 14.7. The van der Waals surface area contributed by atoms with E-state index in [1.54, 1.807) is 0 Å². The minimum atomic E-state index is -0.368. The fraction of sp³-hybridized carbons (Fsp3) is 0.562. The molecule has 1 aromatic rings. The fourth-order valence-corrected chi connectivity index (χ4v) is 3.19. The lowest BCUT2D eigenvalue weighted by molar-refractivity contribution is -0.117. The Hall–Kier alpha value is -1.26. The number of hydrogen-bond acceptors (Lipinski definition) is 3. The predicted molar refractivity (Wildman–Crippen MR) is 81.2 cm³/mol. The highest BCUT2D eigenvalue weighted by atomic mass is 35.5. The van der Waals surface area contributed by atoms with Crippen LogP contribution in [0.2, 0.25) is 0 Å². The third-order valence-corrected chi connectivity index (χ3v) is 4.22. The molecule has 1 fully saturated rings. The summed E-state index contributed by atoms with van der Waals surface area (Å²) in [5.41, 5.74) is 1.46. The Balaban J connectivity index is 1.81. The van der Waals surface area contributed by atoms with Crippen LogP contribution in [0.4, 0.5) is 0 Å². The summed E-state index contributed by atoms with van der Waals surface area (Å²) < 4.78 is 11.4. The molecular weight excluding hydrogens is 290 g/mol. The van der Waals surface area contributed by atoms with E-state index in [2.05, 4.69) is 0 Å². The first-order valence-electron chi connectivity index (χ1n) is 7.27. The number of carbonyl (C=O) groups excluding carboxylic acids is 1. The number of morpholine rings is 1. The van der Waals surface area contributed by atoms with E-state index in [0.29, 0.717) is 31.1 Å². The lowest BCUT2D eigenvalue weighted by Gasteiger charge is -2.42. The Morgan fingerprint density at radius 1 is 1.48 bits per heavy atom. The van der Waals surface area contributed by atoms with Gasteiger partial charge in [-0.1, -0.05) is 0 Å². The van der Waals surface area contributed by atoms with Crippen molar-refractivity contribution in [3.05, 3.63) is 29.3 Å². The maximum absolute atomic E-state index is 12.7. The van der Waals surface area contributed by atoms with Crippen molar-refractivity contribution < 1.29 is 14.3 Å². The van der Waals surface area contributed by atoms with Crippen LogP contribution < -0.4 is 4.74 Å². The summed E-state index contributed by atoms with van der Waals surface area (Å²) in [5, 5.41) is 0. The molecule has 0 N–H and O–H groups in total. The Kier molecular flexibility index (Phi) is 3.84. The molecule has 1 amide bonds. The molecule has 0 aliphatic carbocycles. The van der Waals surface area contributed by atoms with Crippen LogP contribution in [0.3, 0.4) is 0 Å². The maximum Gasteiger partial charge on any atom is 0.254 e. The highest BCUT2D eigenvalue weighted by molar-refractivity contribution is 6.18. The van der Waals surface area contributed by atoms with Crippen LogP contribution in [-0.2, 0) is 11.2 Å². The van der Waals surface area contributed by atoms with Crippen LogP contribution in [0, 0.1) is 0 Å². The number of nitrogens with zero attached hydrogens (tertiary/aromatic N) is 1. The molecule has 0 radical (unpaired) electrons. The van der Waals surface area contributed by atoms with Gasteiger partial charge in [-0.3, -0.25) is 4.79 Å². The van der Waals surface area contributed by atoms with E-state index < -0.39 is 0 Å². The number of benzene rings is 1. The van der Waals surface area contributed by atoms with Gasteiger partial charge in [0, 0.05) is 25.1 Å². The summed E-state index contributed by atoms with van der Waals surface area (Å²) in [6.07, 6.45) is 0.757. The van der Waals surface area contributed by atoms with E-state index >= 15 is 0 Å². The molecule has 1 atom stereocenters. The third kappa shape index (κ3) is 3.01. The number of fused-ring (bicyclic) bond motifs is 1. The molecule has 0 aromatic heterocycles. The molecule has 21 heavy (non-hydrogen) atoms. The number of ether oxygens (including phenoxy) is 2. The second-order valence-electron chi connectivity index (χ2n) is 6.26. The summed E-state index contributed by atoms with van der Waals surface area (Å²) in [6.45, 7) is 5.79. The summed E-state index contributed by atoms with van der Waals surface area (Å²) in [4.78, 5) is 14.6. The minimum absolute atomic E-state index is 0.0381. The molecule has 114 valence electrons. The lowest BCUT2D eigenvalue weighted by Crippen LogP contribution is -2.55. The van der Waals surface area contributed by atoms with Crippen LogP contribution in [0.15, 0.2) is 18.2 Å². The smallest absolute Gasteiger partial charge is 0.254 e. The van der Waals surface area contributed by atoms with E-state index in [1.807, 2.05) is 36.9 Å². The Labute approximate surface area is 130 Å². The molecule has 1 aromatic carbocycles. The minimum Gasteiger partial charge on any atom is -0.493 e. The van der Waals surface area contributed by atoms with Gasteiger partial charge in [-0.15, -0.1) is 11.6 Å². The Morgan fingerprint density at radius 2 is 2.29 bits per heavy atom. The van der Waals surface area contributed by atoms with Crippen LogP contribution in [0.5, 0.6) is 5.75 Å². The Morgan fingerprint density at radius 3 is 3.05 bits per heavy atom. The zero-order chi connectivity index (χ0) is 15.0. The van der Waals surface area contributed by atoms with Crippen molar-refractivity contribution in [2.45, 2.75) is 32.0 Å². The number of rotatable bonds is 2. The number of halogens is 1. The van der Waals surface area contributed by atoms with Crippen molar-refractivity contribution >= 4 is 17.5 Å². The molecular formula is C16H20ClNO3. The predicted octanol–water partition coefficient (Wildman–Crippen LogP) is 2.48. The van der Waals surface area contributed by atoms with Crippen molar-refractivity contribution in [2.75, 3.05) is 25.6 Å². The lowest BCUT2D eigenvalue weighted by atomic mass is 10.0. The van der Waals surface area contributed by atoms with Crippen molar-refractivity contribution in [2.24, 2.45) is 0 Å². The zero-order valence-electron chi connectivity index (χ0n) is 12.4. The second-order valence-corrected chi connectivity index (χ2v) is 6.57. The highest BCUT2D eigenvalue weighted by Gasteiger charge is 2.35. The van der Waals surface area contributed by atoms with E-state index in [1.165, 1.54) is 0 Å². The molecule has 2 aliphatic rings. The summed E-state index contributed by atoms with van der Waals surface area (Å²) in [5.74, 6) is 1.33. The largest absolute Gasteiger partial charge is 0.493 e. The first-order valence-corrected chi connectivity index (χ1v) is 7.81. The van der Waals surface area contributed by atoms with Gasteiger partial charge in [-0.2, -0.15) is 0 Å². The zero-order valence-corrected chi connectivity index (χ0v) is 13.2. The monoisotopic (exact) mass is 309 g/mol. The fourth-order valence-electron chi connectivity index (χ4n) is 3.03. The molecule has 0 saturated carbocycles. The van der Waals surface area contributed by atoms with Gasteiger partial charge in [0.2, 0.25) is 0 Å². The van der Waals surface area contributed by atoms with E-state index in [-0.39, 0.29) is 17.6 Å². The SMILES string of the molecule is CC1(C)CN(C(=O)c2ccc3c(c2)CCO3)CC(CCl)O1. The highest BCUT2D eigenvalue weighted by Crippen LogP contribution is 2.28. The standard InChI is InChI=1S/C16H20ClNO3/c1-16(2)10-18(9-13(8-17)21-16)15(19)12-3-4-14-11(7-12)5-6-20-14/h3-4,7,13H,5-6,8-10H2,1-2H3. The average molecular weight is 310 g/mol. The van der Waals surface area contributed by atoms with Gasteiger partial charge in [-0.25, -0.2) is 0 Å². The average Bonchev–Trinajstić information content (AvgIpc) is 2.92. The molecule has 2 heterocycles. The maximum atomic E-state index is 12.7. The van der Waals surface area contributed by atoms with Gasteiger partial charge < -0.3 is 14.4 Å². The molecule has 1 saturated heterocycles. The van der Waals surface area contributed by atoms with E-state index in [4.69, 9.17) is 21.1 Å². The first-order chi connectivity index (χ1) is 9.98. The van der Waals surface area contributed by atoms with Crippen LogP contribution in [-0.4, -0.2) is 48.1 Å².